The van der Waals surface area contributed by atoms with Gasteiger partial charge in [-0.3, -0.25) is 9.58 Å². The smallest absolute Gasteiger partial charge is 0.0534 e. The van der Waals surface area contributed by atoms with Crippen LogP contribution >= 0.6 is 11.6 Å². The summed E-state index contributed by atoms with van der Waals surface area (Å²) in [6.07, 6.45) is 3.89. The zero-order valence-corrected chi connectivity index (χ0v) is 11.4. The summed E-state index contributed by atoms with van der Waals surface area (Å²) < 4.78 is 1.81. The minimum atomic E-state index is 0.672. The summed E-state index contributed by atoms with van der Waals surface area (Å²) in [5.74, 6) is 0. The average molecular weight is 265 g/mol. The maximum atomic E-state index is 5.94. The van der Waals surface area contributed by atoms with Crippen molar-refractivity contribution in [3.8, 4) is 0 Å². The molecule has 0 aliphatic rings. The number of hydrogen-bond donors (Lipinski definition) is 1. The molecule has 0 bridgehead atoms. The molecule has 1 aromatic heterocycles. The molecule has 4 nitrogen and oxygen atoms in total. The Balaban J connectivity index is 2.00. The van der Waals surface area contributed by atoms with Gasteiger partial charge >= 0.3 is 0 Å². The molecule has 2 aromatic rings. The van der Waals surface area contributed by atoms with Crippen molar-refractivity contribution in [1.29, 1.82) is 0 Å². The molecule has 0 saturated carbocycles. The molecule has 0 fully saturated rings. The van der Waals surface area contributed by atoms with Gasteiger partial charge in [0.15, 0.2) is 0 Å². The fourth-order valence-electron chi connectivity index (χ4n) is 1.92. The molecule has 0 unspecified atom stereocenters. The lowest BCUT2D eigenvalue weighted by molar-refractivity contribution is 0.319. The van der Waals surface area contributed by atoms with E-state index in [-0.39, 0.29) is 0 Å². The van der Waals surface area contributed by atoms with Gasteiger partial charge in [0.25, 0.3) is 0 Å². The molecule has 0 aliphatic carbocycles. The van der Waals surface area contributed by atoms with Crippen LogP contribution in [0.15, 0.2) is 30.6 Å². The van der Waals surface area contributed by atoms with Gasteiger partial charge in [0.05, 0.1) is 6.20 Å². The topological polar surface area (TPSA) is 47.1 Å². The van der Waals surface area contributed by atoms with Crippen LogP contribution in [0.4, 0.5) is 5.69 Å². The molecule has 2 rings (SSSR count). The number of rotatable bonds is 4. The number of nitrogens with zero attached hydrogens (tertiary/aromatic N) is 3. The lowest BCUT2D eigenvalue weighted by Gasteiger charge is -2.17. The zero-order chi connectivity index (χ0) is 13.1. The SMILES string of the molecule is CN(Cc1cnn(C)c1)Cc1ccc(Cl)cc1N. The van der Waals surface area contributed by atoms with Crippen LogP contribution in [-0.2, 0) is 20.1 Å². The van der Waals surface area contributed by atoms with Gasteiger partial charge in [-0.1, -0.05) is 17.7 Å². The minimum Gasteiger partial charge on any atom is -0.398 e. The summed E-state index contributed by atoms with van der Waals surface area (Å²) in [5, 5.41) is 4.83. The maximum absolute atomic E-state index is 5.94. The Labute approximate surface area is 112 Å². The van der Waals surface area contributed by atoms with Crippen LogP contribution in [0.5, 0.6) is 0 Å². The Morgan fingerprint density at radius 1 is 1.39 bits per heavy atom. The van der Waals surface area contributed by atoms with Crippen molar-refractivity contribution in [2.75, 3.05) is 12.8 Å². The Kier molecular flexibility index (Phi) is 3.89. The summed E-state index contributed by atoms with van der Waals surface area (Å²) in [5.41, 5.74) is 8.95. The molecule has 0 saturated heterocycles. The van der Waals surface area contributed by atoms with Gasteiger partial charge in [0, 0.05) is 42.6 Å². The quantitative estimate of drug-likeness (QED) is 0.862. The largest absolute Gasteiger partial charge is 0.398 e. The first-order valence-electron chi connectivity index (χ1n) is 5.74. The van der Waals surface area contributed by atoms with Crippen LogP contribution in [0.25, 0.3) is 0 Å². The summed E-state index contributed by atoms with van der Waals surface area (Å²) in [7, 11) is 3.97. The summed E-state index contributed by atoms with van der Waals surface area (Å²) >= 11 is 5.88. The van der Waals surface area contributed by atoms with Gasteiger partial charge in [-0.25, -0.2) is 0 Å². The third kappa shape index (κ3) is 3.24. The number of aryl methyl sites for hydroxylation is 1. The molecule has 18 heavy (non-hydrogen) atoms. The first-order chi connectivity index (χ1) is 8.54. The van der Waals surface area contributed by atoms with E-state index >= 15 is 0 Å². The van der Waals surface area contributed by atoms with E-state index in [4.69, 9.17) is 17.3 Å². The number of hydrogen-bond acceptors (Lipinski definition) is 3. The number of nitrogens with two attached hydrogens (primary N) is 1. The van der Waals surface area contributed by atoms with E-state index in [0.717, 1.165) is 24.3 Å². The van der Waals surface area contributed by atoms with Crippen LogP contribution in [0.1, 0.15) is 11.1 Å². The highest BCUT2D eigenvalue weighted by Gasteiger charge is 2.06. The first-order valence-corrected chi connectivity index (χ1v) is 6.12. The van der Waals surface area contributed by atoms with E-state index in [9.17, 15) is 0 Å². The van der Waals surface area contributed by atoms with Gasteiger partial charge in [0.2, 0.25) is 0 Å². The van der Waals surface area contributed by atoms with Crippen molar-refractivity contribution < 1.29 is 0 Å². The maximum Gasteiger partial charge on any atom is 0.0534 e. The molecular weight excluding hydrogens is 248 g/mol. The summed E-state index contributed by atoms with van der Waals surface area (Å²) in [4.78, 5) is 2.19. The second kappa shape index (κ2) is 5.42. The van der Waals surface area contributed by atoms with Gasteiger partial charge in [0.1, 0.15) is 0 Å². The molecule has 0 spiro atoms. The minimum absolute atomic E-state index is 0.672. The second-order valence-electron chi connectivity index (χ2n) is 4.54. The lowest BCUT2D eigenvalue weighted by atomic mass is 10.1. The molecule has 1 heterocycles. The van der Waals surface area contributed by atoms with Crippen LogP contribution < -0.4 is 5.73 Å². The van der Waals surface area contributed by atoms with Crippen LogP contribution in [0.3, 0.4) is 0 Å². The number of aromatic nitrogens is 2. The van der Waals surface area contributed by atoms with Crippen LogP contribution in [0.2, 0.25) is 5.02 Å². The first kappa shape index (κ1) is 12.9. The number of anilines is 1. The normalized spacial score (nSPS) is 11.1. The van der Waals surface area contributed by atoms with Crippen molar-refractivity contribution in [3.05, 3.63) is 46.7 Å². The highest BCUT2D eigenvalue weighted by molar-refractivity contribution is 6.30. The third-order valence-corrected chi connectivity index (χ3v) is 2.99. The monoisotopic (exact) mass is 264 g/mol. The molecule has 0 amide bonds. The fourth-order valence-corrected chi connectivity index (χ4v) is 2.10. The molecule has 0 aliphatic heterocycles. The van der Waals surface area contributed by atoms with Crippen molar-refractivity contribution in [1.82, 2.24) is 14.7 Å². The molecule has 5 heteroatoms. The van der Waals surface area contributed by atoms with Crippen LogP contribution in [0, 0.1) is 0 Å². The molecule has 96 valence electrons. The van der Waals surface area contributed by atoms with E-state index < -0.39 is 0 Å². The average Bonchev–Trinajstić information content (AvgIpc) is 2.68. The Bertz CT molecular complexity index is 536. The Morgan fingerprint density at radius 3 is 2.78 bits per heavy atom. The number of halogens is 1. The van der Waals surface area contributed by atoms with E-state index in [1.807, 2.05) is 31.6 Å². The van der Waals surface area contributed by atoms with Gasteiger partial charge < -0.3 is 5.73 Å². The molecule has 0 atom stereocenters. The summed E-state index contributed by atoms with van der Waals surface area (Å²) in [6.45, 7) is 1.63. The van der Waals surface area contributed by atoms with Crippen molar-refractivity contribution in [2.24, 2.45) is 7.05 Å². The lowest BCUT2D eigenvalue weighted by Crippen LogP contribution is -2.17. The number of nitrogen functional groups attached to an aromatic ring is 1. The third-order valence-electron chi connectivity index (χ3n) is 2.76. The predicted octanol–water partition coefficient (Wildman–Crippen LogP) is 2.29. The Morgan fingerprint density at radius 2 is 2.17 bits per heavy atom. The van der Waals surface area contributed by atoms with Crippen molar-refractivity contribution in [3.63, 3.8) is 0 Å². The fraction of sp³-hybridized carbons (Fsp3) is 0.308. The van der Waals surface area contributed by atoms with Crippen molar-refractivity contribution >= 4 is 17.3 Å². The van der Waals surface area contributed by atoms with E-state index in [2.05, 4.69) is 17.0 Å². The highest BCUT2D eigenvalue weighted by atomic mass is 35.5. The van der Waals surface area contributed by atoms with E-state index in [1.54, 1.807) is 10.7 Å². The van der Waals surface area contributed by atoms with Crippen LogP contribution in [-0.4, -0.2) is 21.7 Å². The predicted molar refractivity (Wildman–Crippen MR) is 74.2 cm³/mol. The van der Waals surface area contributed by atoms with Gasteiger partial charge in [-0.15, -0.1) is 0 Å². The standard InChI is InChI=1S/C13H17ClN4/c1-17(7-10-6-16-18(2)8-10)9-11-3-4-12(14)5-13(11)15/h3-6,8H,7,9,15H2,1-2H3. The molecule has 0 radical (unpaired) electrons. The molecule has 2 N–H and O–H groups in total. The van der Waals surface area contributed by atoms with Gasteiger partial charge in [-0.2, -0.15) is 5.10 Å². The van der Waals surface area contributed by atoms with Gasteiger partial charge in [-0.05, 0) is 24.7 Å². The second-order valence-corrected chi connectivity index (χ2v) is 4.97. The van der Waals surface area contributed by atoms with E-state index in [0.29, 0.717) is 5.02 Å². The molecule has 1 aromatic carbocycles. The zero-order valence-electron chi connectivity index (χ0n) is 10.6. The van der Waals surface area contributed by atoms with E-state index in [1.165, 1.54) is 5.56 Å². The Hall–Kier alpha value is -1.52. The van der Waals surface area contributed by atoms with Crippen molar-refractivity contribution in [2.45, 2.75) is 13.1 Å². The molecular formula is C13H17ClN4. The number of benzene rings is 1. The highest BCUT2D eigenvalue weighted by Crippen LogP contribution is 2.19. The summed E-state index contributed by atoms with van der Waals surface area (Å²) in [6, 6.07) is 5.62.